The van der Waals surface area contributed by atoms with Crippen LogP contribution in [0.3, 0.4) is 0 Å². The molecule has 47 heavy (non-hydrogen) atoms. The molecule has 8 aromatic carbocycles. The SMILES string of the molecule is c1ccc(-c2ccc3c(sc4ccccc43)c2N(c2ccc3c(c2)oc2ccccc23)c2cc3ccccc3c3ccccc23)cc1. The van der Waals surface area contributed by atoms with E-state index in [9.17, 15) is 0 Å². The van der Waals surface area contributed by atoms with Crippen molar-refractivity contribution in [2.24, 2.45) is 0 Å². The molecule has 0 fully saturated rings. The van der Waals surface area contributed by atoms with Gasteiger partial charge in [-0.25, -0.2) is 0 Å². The van der Waals surface area contributed by atoms with Gasteiger partial charge in [-0.1, -0.05) is 127 Å². The second-order valence-corrected chi connectivity index (χ2v) is 13.1. The van der Waals surface area contributed by atoms with Crippen LogP contribution in [0.15, 0.2) is 168 Å². The van der Waals surface area contributed by atoms with Crippen molar-refractivity contribution < 1.29 is 4.42 Å². The van der Waals surface area contributed by atoms with E-state index in [1.165, 1.54) is 58.5 Å². The summed E-state index contributed by atoms with van der Waals surface area (Å²) in [6.45, 7) is 0. The monoisotopic (exact) mass is 617 g/mol. The summed E-state index contributed by atoms with van der Waals surface area (Å²) in [4.78, 5) is 2.49. The van der Waals surface area contributed by atoms with Crippen molar-refractivity contribution in [2.75, 3.05) is 4.90 Å². The molecular formula is C44H27NOS. The number of nitrogens with zero attached hydrogens (tertiary/aromatic N) is 1. The summed E-state index contributed by atoms with van der Waals surface area (Å²) in [5.74, 6) is 0. The van der Waals surface area contributed by atoms with Gasteiger partial charge in [0.1, 0.15) is 11.2 Å². The first kappa shape index (κ1) is 26.3. The first-order valence-electron chi connectivity index (χ1n) is 15.9. The van der Waals surface area contributed by atoms with Gasteiger partial charge in [0.2, 0.25) is 0 Å². The van der Waals surface area contributed by atoms with E-state index < -0.39 is 0 Å². The van der Waals surface area contributed by atoms with Crippen molar-refractivity contribution in [3.63, 3.8) is 0 Å². The average molecular weight is 618 g/mol. The first-order chi connectivity index (χ1) is 23.3. The van der Waals surface area contributed by atoms with Gasteiger partial charge in [0, 0.05) is 48.9 Å². The lowest BCUT2D eigenvalue weighted by molar-refractivity contribution is 0.669. The zero-order valence-corrected chi connectivity index (χ0v) is 26.2. The van der Waals surface area contributed by atoms with Crippen molar-refractivity contribution in [2.45, 2.75) is 0 Å². The van der Waals surface area contributed by atoms with E-state index >= 15 is 0 Å². The van der Waals surface area contributed by atoms with Crippen LogP contribution in [-0.2, 0) is 0 Å². The molecule has 0 saturated carbocycles. The Morgan fingerprint density at radius 3 is 1.98 bits per heavy atom. The van der Waals surface area contributed by atoms with Crippen LogP contribution in [0.25, 0.3) is 74.8 Å². The maximum absolute atomic E-state index is 6.50. The van der Waals surface area contributed by atoms with Gasteiger partial charge in [-0.3, -0.25) is 0 Å². The number of fused-ring (bicyclic) bond motifs is 9. The Morgan fingerprint density at radius 2 is 1.11 bits per heavy atom. The van der Waals surface area contributed by atoms with Crippen LogP contribution < -0.4 is 4.90 Å². The molecule has 0 unspecified atom stereocenters. The van der Waals surface area contributed by atoms with Gasteiger partial charge in [0.05, 0.1) is 16.1 Å². The topological polar surface area (TPSA) is 16.4 Å². The Morgan fingerprint density at radius 1 is 0.447 bits per heavy atom. The Kier molecular flexibility index (Phi) is 5.78. The number of furan rings is 1. The Bertz CT molecular complexity index is 2810. The minimum absolute atomic E-state index is 0.878. The quantitative estimate of drug-likeness (QED) is 0.183. The highest BCUT2D eigenvalue weighted by molar-refractivity contribution is 7.26. The van der Waals surface area contributed by atoms with Crippen LogP contribution in [-0.4, -0.2) is 0 Å². The molecule has 0 aliphatic carbocycles. The number of rotatable bonds is 4. The minimum atomic E-state index is 0.878. The maximum Gasteiger partial charge on any atom is 0.137 e. The van der Waals surface area contributed by atoms with Crippen LogP contribution in [0.2, 0.25) is 0 Å². The summed E-state index contributed by atoms with van der Waals surface area (Å²) in [7, 11) is 0. The molecule has 3 heteroatoms. The van der Waals surface area contributed by atoms with Crippen molar-refractivity contribution in [3.05, 3.63) is 164 Å². The Labute approximate surface area is 275 Å². The van der Waals surface area contributed by atoms with Gasteiger partial charge in [-0.05, 0) is 52.1 Å². The predicted octanol–water partition coefficient (Wildman–Crippen LogP) is 13.4. The second-order valence-electron chi connectivity index (χ2n) is 12.1. The molecule has 0 radical (unpaired) electrons. The van der Waals surface area contributed by atoms with Crippen LogP contribution in [0.4, 0.5) is 17.1 Å². The van der Waals surface area contributed by atoms with Crippen LogP contribution in [0, 0.1) is 0 Å². The molecule has 0 N–H and O–H groups in total. The van der Waals surface area contributed by atoms with Crippen LogP contribution >= 0.6 is 11.3 Å². The highest BCUT2D eigenvalue weighted by Gasteiger charge is 2.25. The summed E-state index contributed by atoms with van der Waals surface area (Å²) < 4.78 is 9.04. The number of benzene rings is 8. The highest BCUT2D eigenvalue weighted by atomic mass is 32.1. The molecule has 0 saturated heterocycles. The molecule has 2 nitrogen and oxygen atoms in total. The molecule has 0 spiro atoms. The van der Waals surface area contributed by atoms with E-state index in [0.717, 1.165) is 33.3 Å². The molecule has 10 aromatic rings. The molecule has 220 valence electrons. The lowest BCUT2D eigenvalue weighted by Gasteiger charge is -2.30. The van der Waals surface area contributed by atoms with Crippen molar-refractivity contribution >= 4 is 92.1 Å². The lowest BCUT2D eigenvalue weighted by Crippen LogP contribution is -2.12. The van der Waals surface area contributed by atoms with Crippen LogP contribution in [0.1, 0.15) is 0 Å². The third-order valence-corrected chi connectivity index (χ3v) is 10.6. The van der Waals surface area contributed by atoms with Crippen molar-refractivity contribution in [3.8, 4) is 11.1 Å². The molecule has 2 heterocycles. The van der Waals surface area contributed by atoms with E-state index in [4.69, 9.17) is 4.42 Å². The standard InChI is InChI=1S/C44H27NOS/c1-2-12-28(13-3-1)32-24-25-38-37-19-9-11-21-42(37)47-44(38)43(32)45(30-22-23-36-35-18-8-10-20-40(35)46-41(36)27-30)39-26-29-14-4-5-15-31(29)33-16-6-7-17-34(33)39/h1-27H. The first-order valence-corrected chi connectivity index (χ1v) is 16.7. The molecule has 2 aromatic heterocycles. The predicted molar refractivity (Wildman–Crippen MR) is 202 cm³/mol. The van der Waals surface area contributed by atoms with E-state index in [0.29, 0.717) is 0 Å². The summed E-state index contributed by atoms with van der Waals surface area (Å²) in [5.41, 5.74) is 7.51. The fraction of sp³-hybridized carbons (Fsp3) is 0. The largest absolute Gasteiger partial charge is 0.456 e. The number of anilines is 3. The lowest BCUT2D eigenvalue weighted by atomic mass is 9.96. The molecule has 0 aliphatic heterocycles. The van der Waals surface area contributed by atoms with E-state index in [1.807, 2.05) is 17.4 Å². The number of hydrogen-bond donors (Lipinski definition) is 0. The van der Waals surface area contributed by atoms with Gasteiger partial charge >= 0.3 is 0 Å². The fourth-order valence-electron chi connectivity index (χ4n) is 7.31. The summed E-state index contributed by atoms with van der Waals surface area (Å²) in [5, 5.41) is 9.70. The molecular weight excluding hydrogens is 591 g/mol. The molecule has 0 bridgehead atoms. The summed E-state index contributed by atoms with van der Waals surface area (Å²) in [6, 6.07) is 59.1. The van der Waals surface area contributed by atoms with E-state index in [2.05, 4.69) is 163 Å². The minimum Gasteiger partial charge on any atom is -0.456 e. The van der Waals surface area contributed by atoms with Crippen molar-refractivity contribution in [1.29, 1.82) is 0 Å². The normalized spacial score (nSPS) is 11.8. The number of hydrogen-bond acceptors (Lipinski definition) is 3. The van der Waals surface area contributed by atoms with Gasteiger partial charge in [-0.15, -0.1) is 11.3 Å². The Hall–Kier alpha value is -5.90. The zero-order valence-electron chi connectivity index (χ0n) is 25.4. The summed E-state index contributed by atoms with van der Waals surface area (Å²) in [6.07, 6.45) is 0. The van der Waals surface area contributed by atoms with Gasteiger partial charge in [-0.2, -0.15) is 0 Å². The average Bonchev–Trinajstić information content (AvgIpc) is 3.70. The molecule has 0 atom stereocenters. The van der Waals surface area contributed by atoms with Gasteiger partial charge in [0.25, 0.3) is 0 Å². The highest BCUT2D eigenvalue weighted by Crippen LogP contribution is 2.51. The summed E-state index contributed by atoms with van der Waals surface area (Å²) >= 11 is 1.87. The van der Waals surface area contributed by atoms with Crippen LogP contribution in [0.5, 0.6) is 0 Å². The smallest absolute Gasteiger partial charge is 0.137 e. The third-order valence-electron chi connectivity index (χ3n) is 9.44. The number of para-hydroxylation sites is 1. The molecule has 0 aliphatic rings. The van der Waals surface area contributed by atoms with Crippen molar-refractivity contribution in [1.82, 2.24) is 0 Å². The number of thiophene rings is 1. The second kappa shape index (κ2) is 10.3. The maximum atomic E-state index is 6.50. The Balaban J connectivity index is 1.38. The van der Waals surface area contributed by atoms with Gasteiger partial charge in [0.15, 0.2) is 0 Å². The zero-order chi connectivity index (χ0) is 30.9. The van der Waals surface area contributed by atoms with Gasteiger partial charge < -0.3 is 9.32 Å². The molecule has 10 rings (SSSR count). The fourth-order valence-corrected chi connectivity index (χ4v) is 8.55. The van der Waals surface area contributed by atoms with E-state index in [1.54, 1.807) is 0 Å². The van der Waals surface area contributed by atoms with E-state index in [-0.39, 0.29) is 0 Å². The third kappa shape index (κ3) is 4.04. The molecule has 0 amide bonds.